The number of alkyl halides is 4. The number of nitrogens with two attached hydrogens (primary N) is 1. The molecular weight excluding hydrogens is 242 g/mol. The lowest BCUT2D eigenvalue weighted by molar-refractivity contribution is -0.0692. The van der Waals surface area contributed by atoms with Crippen LogP contribution in [0.4, 0.5) is 17.6 Å². The second-order valence-electron chi connectivity index (χ2n) is 3.08. The van der Waals surface area contributed by atoms with Crippen LogP contribution in [-0.2, 0) is 6.42 Å². The molecule has 2 N–H and O–H groups in total. The third kappa shape index (κ3) is 4.48. The lowest BCUT2D eigenvalue weighted by Crippen LogP contribution is -2.09. The fourth-order valence-corrected chi connectivity index (χ4v) is 1.26. The van der Waals surface area contributed by atoms with Gasteiger partial charge in [0.1, 0.15) is 0 Å². The minimum absolute atomic E-state index is 0.309. The van der Waals surface area contributed by atoms with E-state index in [2.05, 4.69) is 9.47 Å². The van der Waals surface area contributed by atoms with E-state index >= 15 is 0 Å². The van der Waals surface area contributed by atoms with E-state index in [-0.39, 0.29) is 0 Å². The third-order valence-corrected chi connectivity index (χ3v) is 1.87. The van der Waals surface area contributed by atoms with Crippen LogP contribution in [0.1, 0.15) is 5.56 Å². The molecule has 0 spiro atoms. The standard InChI is InChI=1S/C10H11F4NO2/c11-9(12)16-7-2-1-6(3-4-15)5-8(7)17-10(13)14/h1-2,5,9-10H,3-4,15H2. The number of hydrogen-bond acceptors (Lipinski definition) is 3. The van der Waals surface area contributed by atoms with Gasteiger partial charge in [0.05, 0.1) is 0 Å². The van der Waals surface area contributed by atoms with Gasteiger partial charge in [-0.25, -0.2) is 0 Å². The van der Waals surface area contributed by atoms with Gasteiger partial charge in [-0.2, -0.15) is 17.6 Å². The average Bonchev–Trinajstić information content (AvgIpc) is 2.21. The maximum atomic E-state index is 12.1. The summed E-state index contributed by atoms with van der Waals surface area (Å²) in [5.41, 5.74) is 5.89. The molecule has 0 aliphatic carbocycles. The molecule has 0 bridgehead atoms. The molecule has 1 aromatic rings. The molecule has 0 aliphatic heterocycles. The van der Waals surface area contributed by atoms with Crippen molar-refractivity contribution in [1.82, 2.24) is 0 Å². The van der Waals surface area contributed by atoms with Gasteiger partial charge in [0.2, 0.25) is 0 Å². The zero-order chi connectivity index (χ0) is 12.8. The molecule has 0 saturated heterocycles. The van der Waals surface area contributed by atoms with E-state index in [1.165, 1.54) is 12.1 Å². The predicted molar refractivity (Wildman–Crippen MR) is 52.5 cm³/mol. The molecule has 0 fully saturated rings. The molecule has 0 aromatic heterocycles. The summed E-state index contributed by atoms with van der Waals surface area (Å²) in [6, 6.07) is 3.81. The van der Waals surface area contributed by atoms with Gasteiger partial charge >= 0.3 is 13.2 Å². The van der Waals surface area contributed by atoms with Gasteiger partial charge < -0.3 is 15.2 Å². The zero-order valence-corrected chi connectivity index (χ0v) is 8.71. The molecule has 3 nitrogen and oxygen atoms in total. The predicted octanol–water partition coefficient (Wildman–Crippen LogP) is 2.39. The normalized spacial score (nSPS) is 11.0. The van der Waals surface area contributed by atoms with E-state index in [1.807, 2.05) is 0 Å². The highest BCUT2D eigenvalue weighted by molar-refractivity contribution is 5.43. The van der Waals surface area contributed by atoms with Crippen molar-refractivity contribution in [3.63, 3.8) is 0 Å². The van der Waals surface area contributed by atoms with Crippen LogP contribution in [0.5, 0.6) is 11.5 Å². The first-order valence-electron chi connectivity index (χ1n) is 4.75. The van der Waals surface area contributed by atoms with Crippen molar-refractivity contribution in [3.05, 3.63) is 23.8 Å². The summed E-state index contributed by atoms with van der Waals surface area (Å²) in [6.45, 7) is -5.90. The van der Waals surface area contributed by atoms with E-state index < -0.39 is 24.7 Å². The Bertz CT molecular complexity index is 360. The minimum Gasteiger partial charge on any atom is -0.431 e. The third-order valence-electron chi connectivity index (χ3n) is 1.87. The Morgan fingerprint density at radius 2 is 1.59 bits per heavy atom. The highest BCUT2D eigenvalue weighted by Crippen LogP contribution is 2.31. The van der Waals surface area contributed by atoms with E-state index in [0.29, 0.717) is 18.5 Å². The number of rotatable bonds is 6. The van der Waals surface area contributed by atoms with Crippen molar-refractivity contribution < 1.29 is 27.0 Å². The molecule has 96 valence electrons. The van der Waals surface area contributed by atoms with Crippen LogP contribution in [0.25, 0.3) is 0 Å². The van der Waals surface area contributed by atoms with Gasteiger partial charge in [-0.1, -0.05) is 6.07 Å². The molecule has 0 atom stereocenters. The van der Waals surface area contributed by atoms with Crippen molar-refractivity contribution >= 4 is 0 Å². The lowest BCUT2D eigenvalue weighted by Gasteiger charge is -2.12. The van der Waals surface area contributed by atoms with Gasteiger partial charge in [0.25, 0.3) is 0 Å². The van der Waals surface area contributed by atoms with E-state index in [4.69, 9.17) is 5.73 Å². The van der Waals surface area contributed by atoms with Crippen molar-refractivity contribution in [2.24, 2.45) is 5.73 Å². The van der Waals surface area contributed by atoms with E-state index in [1.54, 1.807) is 0 Å². The van der Waals surface area contributed by atoms with Crippen LogP contribution in [0, 0.1) is 0 Å². The highest BCUT2D eigenvalue weighted by Gasteiger charge is 2.14. The van der Waals surface area contributed by atoms with Crippen molar-refractivity contribution in [1.29, 1.82) is 0 Å². The van der Waals surface area contributed by atoms with Crippen LogP contribution in [0.3, 0.4) is 0 Å². The molecule has 0 saturated carbocycles. The second-order valence-corrected chi connectivity index (χ2v) is 3.08. The van der Waals surface area contributed by atoms with Gasteiger partial charge in [-0.15, -0.1) is 0 Å². The Hall–Kier alpha value is -1.50. The van der Waals surface area contributed by atoms with E-state index in [9.17, 15) is 17.6 Å². The summed E-state index contributed by atoms with van der Waals surface area (Å²) < 4.78 is 56.3. The number of hydrogen-bond donors (Lipinski definition) is 1. The Morgan fingerprint density at radius 3 is 2.12 bits per heavy atom. The Morgan fingerprint density at radius 1 is 1.00 bits per heavy atom. The Labute approximate surface area is 95.1 Å². The molecule has 0 aliphatic rings. The number of ether oxygens (including phenoxy) is 2. The molecule has 17 heavy (non-hydrogen) atoms. The summed E-state index contributed by atoms with van der Waals surface area (Å²) in [4.78, 5) is 0. The average molecular weight is 253 g/mol. The fourth-order valence-electron chi connectivity index (χ4n) is 1.26. The van der Waals surface area contributed by atoms with E-state index in [0.717, 1.165) is 6.07 Å². The maximum absolute atomic E-state index is 12.1. The second kappa shape index (κ2) is 6.29. The molecule has 0 heterocycles. The first-order valence-corrected chi connectivity index (χ1v) is 4.75. The molecule has 0 radical (unpaired) electrons. The number of halogens is 4. The Kier molecular flexibility index (Phi) is 5.02. The zero-order valence-electron chi connectivity index (χ0n) is 8.71. The van der Waals surface area contributed by atoms with Gasteiger partial charge in [-0.05, 0) is 30.7 Å². The first kappa shape index (κ1) is 13.6. The molecule has 0 amide bonds. The summed E-state index contributed by atoms with van der Waals surface area (Å²) in [6.07, 6.45) is 0.425. The maximum Gasteiger partial charge on any atom is 0.387 e. The highest BCUT2D eigenvalue weighted by atomic mass is 19.3. The van der Waals surface area contributed by atoms with Gasteiger partial charge in [-0.3, -0.25) is 0 Å². The summed E-state index contributed by atoms with van der Waals surface area (Å²) >= 11 is 0. The van der Waals surface area contributed by atoms with Crippen molar-refractivity contribution in [2.75, 3.05) is 6.54 Å². The summed E-state index contributed by atoms with van der Waals surface area (Å²) in [7, 11) is 0. The van der Waals surface area contributed by atoms with Crippen LogP contribution >= 0.6 is 0 Å². The van der Waals surface area contributed by atoms with Crippen LogP contribution < -0.4 is 15.2 Å². The van der Waals surface area contributed by atoms with Crippen LogP contribution in [-0.4, -0.2) is 19.8 Å². The monoisotopic (exact) mass is 253 g/mol. The van der Waals surface area contributed by atoms with Crippen molar-refractivity contribution in [2.45, 2.75) is 19.6 Å². The van der Waals surface area contributed by atoms with Crippen molar-refractivity contribution in [3.8, 4) is 11.5 Å². The van der Waals surface area contributed by atoms with Gasteiger partial charge in [0.15, 0.2) is 11.5 Å². The summed E-state index contributed by atoms with van der Waals surface area (Å²) in [5.74, 6) is -0.854. The summed E-state index contributed by atoms with van der Waals surface area (Å²) in [5, 5.41) is 0. The molecular formula is C10H11F4NO2. The lowest BCUT2D eigenvalue weighted by atomic mass is 10.1. The largest absolute Gasteiger partial charge is 0.431 e. The minimum atomic E-state index is -3.11. The van der Waals surface area contributed by atoms with Gasteiger partial charge in [0, 0.05) is 0 Å². The first-order chi connectivity index (χ1) is 8.02. The molecule has 0 unspecified atom stereocenters. The molecule has 7 heteroatoms. The SMILES string of the molecule is NCCc1ccc(OC(F)F)c(OC(F)F)c1. The molecule has 1 rings (SSSR count). The molecule has 1 aromatic carbocycles. The topological polar surface area (TPSA) is 44.5 Å². The smallest absolute Gasteiger partial charge is 0.387 e. The Balaban J connectivity index is 2.94. The number of benzene rings is 1. The van der Waals surface area contributed by atoms with Crippen LogP contribution in [0.15, 0.2) is 18.2 Å². The quantitative estimate of drug-likeness (QED) is 0.792. The van der Waals surface area contributed by atoms with Crippen LogP contribution in [0.2, 0.25) is 0 Å². The fraction of sp³-hybridized carbons (Fsp3) is 0.400.